The van der Waals surface area contributed by atoms with E-state index in [0.717, 1.165) is 6.54 Å². The fourth-order valence-corrected chi connectivity index (χ4v) is 4.67. The lowest BCUT2D eigenvalue weighted by Gasteiger charge is -2.38. The smallest absolute Gasteiger partial charge is 0.156 e. The van der Waals surface area contributed by atoms with E-state index in [2.05, 4.69) is 19.2 Å². The van der Waals surface area contributed by atoms with Crippen molar-refractivity contribution in [2.75, 3.05) is 12.3 Å². The first-order valence-corrected chi connectivity index (χ1v) is 9.66. The number of nitrogens with one attached hydrogen (secondary N) is 1. The number of rotatable bonds is 6. The molecule has 0 aromatic carbocycles. The molecule has 116 valence electrons. The van der Waals surface area contributed by atoms with Gasteiger partial charge in [0.15, 0.2) is 5.17 Å². The first kappa shape index (κ1) is 16.2. The van der Waals surface area contributed by atoms with Gasteiger partial charge in [0, 0.05) is 18.3 Å². The van der Waals surface area contributed by atoms with Crippen LogP contribution in [0.1, 0.15) is 78.1 Å². The second-order valence-electron chi connectivity index (χ2n) is 6.87. The van der Waals surface area contributed by atoms with Crippen LogP contribution in [0.25, 0.3) is 0 Å². The highest BCUT2D eigenvalue weighted by Gasteiger charge is 2.34. The summed E-state index contributed by atoms with van der Waals surface area (Å²) in [6.45, 7) is 5.65. The van der Waals surface area contributed by atoms with Gasteiger partial charge in [-0.2, -0.15) is 0 Å². The van der Waals surface area contributed by atoms with Crippen LogP contribution in [-0.2, 0) is 0 Å². The van der Waals surface area contributed by atoms with Gasteiger partial charge in [-0.3, -0.25) is 4.99 Å². The number of hydrogen-bond donors (Lipinski definition) is 1. The molecule has 1 aliphatic carbocycles. The van der Waals surface area contributed by atoms with E-state index >= 15 is 0 Å². The summed E-state index contributed by atoms with van der Waals surface area (Å²) < 4.78 is 0. The van der Waals surface area contributed by atoms with Gasteiger partial charge >= 0.3 is 0 Å². The highest BCUT2D eigenvalue weighted by Crippen LogP contribution is 2.41. The highest BCUT2D eigenvalue weighted by atomic mass is 32.2. The van der Waals surface area contributed by atoms with E-state index in [0.29, 0.717) is 11.5 Å². The molecule has 1 saturated carbocycles. The van der Waals surface area contributed by atoms with E-state index in [4.69, 9.17) is 4.99 Å². The van der Waals surface area contributed by atoms with Crippen molar-refractivity contribution in [1.29, 1.82) is 0 Å². The average molecular weight is 297 g/mol. The number of nitrogens with zero attached hydrogens (tertiary/aromatic N) is 1. The van der Waals surface area contributed by atoms with E-state index in [1.54, 1.807) is 0 Å². The Bertz CT molecular complexity index is 308. The molecule has 20 heavy (non-hydrogen) atoms. The Labute approximate surface area is 129 Å². The van der Waals surface area contributed by atoms with Gasteiger partial charge in [0.2, 0.25) is 0 Å². The molecule has 0 aromatic heterocycles. The van der Waals surface area contributed by atoms with Crippen molar-refractivity contribution in [1.82, 2.24) is 5.32 Å². The Morgan fingerprint density at radius 2 is 2.00 bits per heavy atom. The van der Waals surface area contributed by atoms with Crippen LogP contribution in [0.2, 0.25) is 0 Å². The molecular weight excluding hydrogens is 264 g/mol. The fraction of sp³-hybridized carbons (Fsp3) is 0.941. The zero-order valence-electron chi connectivity index (χ0n) is 13.4. The third-order valence-corrected chi connectivity index (χ3v) is 6.13. The van der Waals surface area contributed by atoms with Gasteiger partial charge in [-0.05, 0) is 31.6 Å². The Kier molecular flexibility index (Phi) is 6.73. The van der Waals surface area contributed by atoms with Crippen molar-refractivity contribution < 1.29 is 0 Å². The third kappa shape index (κ3) is 4.98. The summed E-state index contributed by atoms with van der Waals surface area (Å²) in [5, 5.41) is 4.84. The summed E-state index contributed by atoms with van der Waals surface area (Å²) in [5.74, 6) is 1.29. The molecule has 1 aliphatic heterocycles. The van der Waals surface area contributed by atoms with Gasteiger partial charge in [-0.15, -0.1) is 0 Å². The van der Waals surface area contributed by atoms with Gasteiger partial charge in [-0.1, -0.05) is 63.6 Å². The molecule has 1 unspecified atom stereocenters. The van der Waals surface area contributed by atoms with E-state index < -0.39 is 0 Å². The number of hydrogen-bond acceptors (Lipinski definition) is 3. The lowest BCUT2D eigenvalue weighted by atomic mass is 9.75. The van der Waals surface area contributed by atoms with Crippen LogP contribution in [0, 0.1) is 5.41 Å². The van der Waals surface area contributed by atoms with Crippen molar-refractivity contribution in [2.45, 2.75) is 84.1 Å². The van der Waals surface area contributed by atoms with E-state index in [1.807, 2.05) is 11.8 Å². The van der Waals surface area contributed by atoms with Crippen molar-refractivity contribution in [2.24, 2.45) is 10.4 Å². The average Bonchev–Trinajstić information content (AvgIpc) is 2.47. The number of amidine groups is 1. The molecule has 0 saturated heterocycles. The highest BCUT2D eigenvalue weighted by molar-refractivity contribution is 8.13. The summed E-state index contributed by atoms with van der Waals surface area (Å²) in [5.41, 5.74) is 0.554. The van der Waals surface area contributed by atoms with Crippen LogP contribution in [0.5, 0.6) is 0 Å². The van der Waals surface area contributed by atoms with Crippen LogP contribution >= 0.6 is 11.8 Å². The molecule has 0 bridgehead atoms. The van der Waals surface area contributed by atoms with Crippen LogP contribution < -0.4 is 5.32 Å². The molecular formula is C17H32N2S. The number of thioether (sulfide) groups is 1. The maximum atomic E-state index is 4.86. The normalized spacial score (nSPS) is 23.4. The standard InChI is InChI=1S/C17H32N2S/c1-3-4-5-7-10-15(2)19-16-18-13-17(14-20-16)11-8-6-9-12-17/h15H,3-14H2,1-2H3,(H,18,19). The fourth-order valence-electron chi connectivity index (χ4n) is 3.40. The Hall–Kier alpha value is -0.180. The maximum absolute atomic E-state index is 4.86. The Morgan fingerprint density at radius 3 is 2.65 bits per heavy atom. The van der Waals surface area contributed by atoms with Crippen molar-refractivity contribution in [3.63, 3.8) is 0 Å². The SMILES string of the molecule is CCCCCCC(C)NC1=NCC2(CCCCC2)CS1. The van der Waals surface area contributed by atoms with Gasteiger partial charge in [-0.25, -0.2) is 0 Å². The maximum Gasteiger partial charge on any atom is 0.156 e. The van der Waals surface area contributed by atoms with Gasteiger partial charge in [0.1, 0.15) is 0 Å². The monoisotopic (exact) mass is 296 g/mol. The van der Waals surface area contributed by atoms with Gasteiger partial charge in [0.05, 0.1) is 0 Å². The Morgan fingerprint density at radius 1 is 1.20 bits per heavy atom. The summed E-state index contributed by atoms with van der Waals surface area (Å²) in [6, 6.07) is 0.582. The Balaban J connectivity index is 1.69. The largest absolute Gasteiger partial charge is 0.362 e. The predicted octanol–water partition coefficient (Wildman–Crippen LogP) is 4.99. The quantitative estimate of drug-likeness (QED) is 0.698. The van der Waals surface area contributed by atoms with Crippen LogP contribution in [0.15, 0.2) is 4.99 Å². The molecule has 2 nitrogen and oxygen atoms in total. The summed E-state index contributed by atoms with van der Waals surface area (Å²) in [4.78, 5) is 4.86. The van der Waals surface area contributed by atoms with Crippen LogP contribution in [0.3, 0.4) is 0 Å². The second-order valence-corrected chi connectivity index (χ2v) is 7.83. The minimum atomic E-state index is 0.554. The summed E-state index contributed by atoms with van der Waals surface area (Å²) >= 11 is 1.98. The minimum absolute atomic E-state index is 0.554. The second kappa shape index (κ2) is 8.31. The molecule has 1 N–H and O–H groups in total. The number of unbranched alkanes of at least 4 members (excludes halogenated alkanes) is 3. The molecule has 3 heteroatoms. The first-order chi connectivity index (χ1) is 9.74. The zero-order valence-corrected chi connectivity index (χ0v) is 14.2. The van der Waals surface area contributed by atoms with E-state index in [1.165, 1.54) is 75.1 Å². The third-order valence-electron chi connectivity index (χ3n) is 4.85. The molecule has 1 fully saturated rings. The van der Waals surface area contributed by atoms with E-state index in [9.17, 15) is 0 Å². The van der Waals surface area contributed by atoms with Crippen LogP contribution in [-0.4, -0.2) is 23.5 Å². The lowest BCUT2D eigenvalue weighted by molar-refractivity contribution is 0.232. The first-order valence-electron chi connectivity index (χ1n) is 8.68. The molecule has 2 rings (SSSR count). The lowest BCUT2D eigenvalue weighted by Crippen LogP contribution is -2.39. The molecule has 1 atom stereocenters. The summed E-state index contributed by atoms with van der Waals surface area (Å²) in [7, 11) is 0. The minimum Gasteiger partial charge on any atom is -0.362 e. The van der Waals surface area contributed by atoms with Crippen molar-refractivity contribution in [3.8, 4) is 0 Å². The number of aliphatic imine (C=N–C) groups is 1. The molecule has 2 aliphatic rings. The van der Waals surface area contributed by atoms with Crippen molar-refractivity contribution >= 4 is 16.9 Å². The summed E-state index contributed by atoms with van der Waals surface area (Å²) in [6.07, 6.45) is 13.8. The van der Waals surface area contributed by atoms with Crippen LogP contribution in [0.4, 0.5) is 0 Å². The van der Waals surface area contributed by atoms with Gasteiger partial charge < -0.3 is 5.32 Å². The van der Waals surface area contributed by atoms with Gasteiger partial charge in [0.25, 0.3) is 0 Å². The molecule has 0 amide bonds. The van der Waals surface area contributed by atoms with E-state index in [-0.39, 0.29) is 0 Å². The molecule has 0 radical (unpaired) electrons. The van der Waals surface area contributed by atoms with Crippen molar-refractivity contribution in [3.05, 3.63) is 0 Å². The molecule has 1 spiro atoms. The predicted molar refractivity (Wildman–Crippen MR) is 91.6 cm³/mol. The molecule has 0 aromatic rings. The molecule has 1 heterocycles. The zero-order chi connectivity index (χ0) is 14.3. The topological polar surface area (TPSA) is 24.4 Å².